The molecule has 108 valence electrons. The molecule has 0 unspecified atom stereocenters. The summed E-state index contributed by atoms with van der Waals surface area (Å²) < 4.78 is 0.479. The summed E-state index contributed by atoms with van der Waals surface area (Å²) in [6.45, 7) is 1.55. The number of hydrogen-bond acceptors (Lipinski definition) is 2. The van der Waals surface area contributed by atoms with Gasteiger partial charge in [0.15, 0.2) is 5.78 Å². The summed E-state index contributed by atoms with van der Waals surface area (Å²) in [5.41, 5.74) is 4.39. The SMILES string of the molecule is CC(=O)c1c(-c2ccccc2)cc(-c2ccccc2)[nH]c1=S. The highest BCUT2D eigenvalue weighted by Crippen LogP contribution is 2.29. The molecule has 2 nitrogen and oxygen atoms in total. The largest absolute Gasteiger partial charge is 0.345 e. The summed E-state index contributed by atoms with van der Waals surface area (Å²) >= 11 is 5.43. The molecule has 0 saturated heterocycles. The minimum atomic E-state index is -0.0280. The summed E-state index contributed by atoms with van der Waals surface area (Å²) in [5, 5.41) is 0. The highest BCUT2D eigenvalue weighted by Gasteiger charge is 2.13. The molecule has 1 heterocycles. The first-order valence-electron chi connectivity index (χ1n) is 7.06. The van der Waals surface area contributed by atoms with Crippen LogP contribution in [0.2, 0.25) is 0 Å². The van der Waals surface area contributed by atoms with Gasteiger partial charge in [0.1, 0.15) is 4.64 Å². The predicted octanol–water partition coefficient (Wildman–Crippen LogP) is 5.28. The Morgan fingerprint density at radius 1 is 0.909 bits per heavy atom. The number of benzene rings is 2. The molecule has 0 spiro atoms. The Bertz CT molecular complexity index is 867. The first kappa shape index (κ1) is 14.4. The van der Waals surface area contributed by atoms with Crippen molar-refractivity contribution in [3.05, 3.63) is 76.9 Å². The van der Waals surface area contributed by atoms with Gasteiger partial charge in [-0.3, -0.25) is 4.79 Å². The molecule has 0 atom stereocenters. The van der Waals surface area contributed by atoms with Gasteiger partial charge < -0.3 is 4.98 Å². The molecule has 1 aromatic heterocycles. The fraction of sp³-hybridized carbons (Fsp3) is 0.0526. The number of carbonyl (C=O) groups is 1. The van der Waals surface area contributed by atoms with Crippen LogP contribution in [0.25, 0.3) is 22.4 Å². The summed E-state index contributed by atoms with van der Waals surface area (Å²) in [5.74, 6) is -0.0280. The summed E-state index contributed by atoms with van der Waals surface area (Å²) in [6.07, 6.45) is 0. The second-order valence-corrected chi connectivity index (χ2v) is 5.50. The second-order valence-electron chi connectivity index (χ2n) is 5.09. The standard InChI is InChI=1S/C19H15NOS/c1-13(21)18-16(14-8-4-2-5-9-14)12-17(20-19(18)22)15-10-6-3-7-11-15/h2-12H,1H3,(H,20,22). The number of aromatic nitrogens is 1. The molecule has 0 saturated carbocycles. The van der Waals surface area contributed by atoms with Gasteiger partial charge in [-0.15, -0.1) is 0 Å². The molecule has 0 aliphatic heterocycles. The summed E-state index contributed by atoms with van der Waals surface area (Å²) in [6, 6.07) is 21.8. The zero-order valence-electron chi connectivity index (χ0n) is 12.2. The molecule has 0 bridgehead atoms. The van der Waals surface area contributed by atoms with E-state index in [1.165, 1.54) is 0 Å². The Morgan fingerprint density at radius 3 is 2.00 bits per heavy atom. The molecule has 3 heteroatoms. The van der Waals surface area contributed by atoms with Crippen molar-refractivity contribution in [2.24, 2.45) is 0 Å². The molecule has 0 amide bonds. The molecule has 22 heavy (non-hydrogen) atoms. The number of Topliss-reactive ketones (excluding diaryl/α,β-unsaturated/α-hetero) is 1. The number of hydrogen-bond donors (Lipinski definition) is 1. The zero-order valence-corrected chi connectivity index (χ0v) is 13.0. The minimum Gasteiger partial charge on any atom is -0.345 e. The summed E-state index contributed by atoms with van der Waals surface area (Å²) in [7, 11) is 0. The lowest BCUT2D eigenvalue weighted by Gasteiger charge is -2.11. The fourth-order valence-corrected chi connectivity index (χ4v) is 2.89. The molecule has 3 aromatic rings. The van der Waals surface area contributed by atoms with Gasteiger partial charge in [0.2, 0.25) is 0 Å². The van der Waals surface area contributed by atoms with Crippen LogP contribution in [0.4, 0.5) is 0 Å². The van der Waals surface area contributed by atoms with Gasteiger partial charge in [-0.25, -0.2) is 0 Å². The van der Waals surface area contributed by atoms with Gasteiger partial charge in [-0.2, -0.15) is 0 Å². The normalized spacial score (nSPS) is 10.4. The Balaban J connectivity index is 2.29. The van der Waals surface area contributed by atoms with Crippen molar-refractivity contribution in [2.45, 2.75) is 6.92 Å². The van der Waals surface area contributed by atoms with Crippen LogP contribution >= 0.6 is 12.2 Å². The molecular weight excluding hydrogens is 290 g/mol. The summed E-state index contributed by atoms with van der Waals surface area (Å²) in [4.78, 5) is 15.2. The van der Waals surface area contributed by atoms with E-state index in [-0.39, 0.29) is 5.78 Å². The van der Waals surface area contributed by atoms with Crippen LogP contribution in [0, 0.1) is 4.64 Å². The van der Waals surface area contributed by atoms with Gasteiger partial charge in [-0.1, -0.05) is 72.9 Å². The van der Waals surface area contributed by atoms with E-state index in [4.69, 9.17) is 12.2 Å². The fourth-order valence-electron chi connectivity index (χ4n) is 2.53. The monoisotopic (exact) mass is 305 g/mol. The number of aromatic amines is 1. The number of H-pyrrole nitrogens is 1. The van der Waals surface area contributed by atoms with Crippen molar-refractivity contribution in [3.8, 4) is 22.4 Å². The molecular formula is C19H15NOS. The first-order chi connectivity index (χ1) is 10.7. The average Bonchev–Trinajstić information content (AvgIpc) is 2.55. The first-order valence-corrected chi connectivity index (χ1v) is 7.47. The Kier molecular flexibility index (Phi) is 3.98. The number of nitrogens with one attached hydrogen (secondary N) is 1. The van der Waals surface area contributed by atoms with Crippen LogP contribution in [0.15, 0.2) is 66.7 Å². The predicted molar refractivity (Wildman–Crippen MR) is 92.5 cm³/mol. The molecule has 0 aliphatic carbocycles. The van der Waals surface area contributed by atoms with E-state index in [1.54, 1.807) is 6.92 Å². The third-order valence-corrected chi connectivity index (χ3v) is 3.86. The van der Waals surface area contributed by atoms with Gasteiger partial charge in [-0.05, 0) is 29.7 Å². The van der Waals surface area contributed by atoms with E-state index in [0.29, 0.717) is 10.2 Å². The average molecular weight is 305 g/mol. The maximum Gasteiger partial charge on any atom is 0.163 e. The van der Waals surface area contributed by atoms with Crippen LogP contribution in [-0.4, -0.2) is 10.8 Å². The number of carbonyl (C=O) groups excluding carboxylic acids is 1. The van der Waals surface area contributed by atoms with Crippen LogP contribution < -0.4 is 0 Å². The Labute approximate surface area is 134 Å². The van der Waals surface area contributed by atoms with E-state index in [1.807, 2.05) is 66.7 Å². The van der Waals surface area contributed by atoms with Crippen LogP contribution in [0.1, 0.15) is 17.3 Å². The number of rotatable bonds is 3. The maximum atomic E-state index is 12.0. The molecule has 2 aromatic carbocycles. The van der Waals surface area contributed by atoms with Gasteiger partial charge in [0.25, 0.3) is 0 Å². The topological polar surface area (TPSA) is 32.9 Å². The highest BCUT2D eigenvalue weighted by molar-refractivity contribution is 7.71. The van der Waals surface area contributed by atoms with Crippen molar-refractivity contribution < 1.29 is 4.79 Å². The quantitative estimate of drug-likeness (QED) is 0.527. The van der Waals surface area contributed by atoms with Crippen molar-refractivity contribution in [1.82, 2.24) is 4.98 Å². The van der Waals surface area contributed by atoms with Gasteiger partial charge in [0.05, 0.1) is 5.56 Å². The Hall–Kier alpha value is -2.52. The lowest BCUT2D eigenvalue weighted by molar-refractivity contribution is 0.101. The van der Waals surface area contributed by atoms with Crippen LogP contribution in [0.5, 0.6) is 0 Å². The van der Waals surface area contributed by atoms with Gasteiger partial charge >= 0.3 is 0 Å². The van der Waals surface area contributed by atoms with Crippen molar-refractivity contribution in [3.63, 3.8) is 0 Å². The van der Waals surface area contributed by atoms with E-state index in [2.05, 4.69) is 4.98 Å². The van der Waals surface area contributed by atoms with Crippen molar-refractivity contribution >= 4 is 18.0 Å². The maximum absolute atomic E-state index is 12.0. The van der Waals surface area contributed by atoms with E-state index in [0.717, 1.165) is 22.4 Å². The van der Waals surface area contributed by atoms with E-state index >= 15 is 0 Å². The van der Waals surface area contributed by atoms with Gasteiger partial charge in [0, 0.05) is 5.69 Å². The van der Waals surface area contributed by atoms with E-state index < -0.39 is 0 Å². The third kappa shape index (κ3) is 2.76. The Morgan fingerprint density at radius 2 is 1.45 bits per heavy atom. The molecule has 3 rings (SSSR count). The zero-order chi connectivity index (χ0) is 15.5. The van der Waals surface area contributed by atoms with E-state index in [9.17, 15) is 4.79 Å². The minimum absolute atomic E-state index is 0.0280. The van der Waals surface area contributed by atoms with Crippen molar-refractivity contribution in [2.75, 3.05) is 0 Å². The van der Waals surface area contributed by atoms with Crippen molar-refractivity contribution in [1.29, 1.82) is 0 Å². The molecule has 0 aliphatic rings. The number of ketones is 1. The number of pyridine rings is 1. The lowest BCUT2D eigenvalue weighted by Crippen LogP contribution is -2.01. The lowest BCUT2D eigenvalue weighted by atomic mass is 9.97. The van der Waals surface area contributed by atoms with Crippen LogP contribution in [0.3, 0.4) is 0 Å². The van der Waals surface area contributed by atoms with Crippen LogP contribution in [-0.2, 0) is 0 Å². The molecule has 1 N–H and O–H groups in total. The highest BCUT2D eigenvalue weighted by atomic mass is 32.1. The molecule has 0 fully saturated rings. The smallest absolute Gasteiger partial charge is 0.163 e. The third-order valence-electron chi connectivity index (χ3n) is 3.55. The molecule has 0 radical (unpaired) electrons. The second kappa shape index (κ2) is 6.08.